The number of aromatic nitrogens is 3. The number of halogens is 1. The Morgan fingerprint density at radius 2 is 1.15 bits per heavy atom. The molecule has 2 aliphatic carbocycles. The Morgan fingerprint density at radius 1 is 0.556 bits per heavy atom. The van der Waals surface area contributed by atoms with Gasteiger partial charge in [0.2, 0.25) is 28.7 Å². The molecule has 1 aromatic heterocycles. The first kappa shape index (κ1) is 52.6. The molecule has 0 unspecified atom stereocenters. The van der Waals surface area contributed by atoms with Crippen LogP contribution in [0.4, 0.5) is 34.6 Å². The summed E-state index contributed by atoms with van der Waals surface area (Å²) < 4.78 is 206. The number of hydrogen-bond acceptors (Lipinski definition) is 24. The number of hydrogen-bond donors (Lipinski definition) is 11. The Bertz CT molecular complexity index is 4110. The number of phenols is 1. The van der Waals surface area contributed by atoms with E-state index >= 15 is 0 Å². The molecule has 37 heteroatoms. The number of Topliss-reactive ketones (excluding diaryl/α,β-unsaturated/α-hetero) is 1. The van der Waals surface area contributed by atoms with Crippen molar-refractivity contribution in [3.63, 3.8) is 0 Å². The second-order valence-electron chi connectivity index (χ2n) is 14.2. The highest BCUT2D eigenvalue weighted by atomic mass is 35.5. The Hall–Kier alpha value is -7.20. The normalized spacial score (nSPS) is 15.5. The summed E-state index contributed by atoms with van der Waals surface area (Å²) in [6, 6.07) is 8.49. The van der Waals surface area contributed by atoms with Crippen LogP contribution in [0.5, 0.6) is 5.75 Å². The highest BCUT2D eigenvalue weighted by molar-refractivity contribution is 7.95. The molecule has 7 rings (SSSR count). The lowest BCUT2D eigenvalue weighted by molar-refractivity contribution is -0.108. The Kier molecular flexibility index (Phi) is 13.5. The molecule has 0 saturated carbocycles. The zero-order valence-electron chi connectivity index (χ0n) is 34.4. The molecule has 4 aromatic carbocycles. The lowest BCUT2D eigenvalue weighted by Gasteiger charge is -2.21. The van der Waals surface area contributed by atoms with E-state index in [-0.39, 0.29) is 41.5 Å². The van der Waals surface area contributed by atoms with Crippen molar-refractivity contribution in [2.75, 3.05) is 21.5 Å². The summed E-state index contributed by atoms with van der Waals surface area (Å²) >= 11 is 6.02. The third-order valence-corrected chi connectivity index (χ3v) is 14.9. The number of phenolic OH excluding ortho intramolecular Hbond substituents is 1. The molecule has 0 radical (unpaired) electrons. The number of nitrogens with zero attached hydrogens (tertiary/aromatic N) is 5. The zero-order chi connectivity index (χ0) is 53.3. The Balaban J connectivity index is 1.24. The minimum atomic E-state index is -5.67. The van der Waals surface area contributed by atoms with Gasteiger partial charge in [-0.25, -0.2) is 0 Å². The van der Waals surface area contributed by atoms with E-state index in [0.29, 0.717) is 12.1 Å². The standard InChI is InChI=1S/C35H24ClN9O21S6/c36-33-39-34(37-14-2-1-3-16(8-14)67(49,50)51)41-35(40-33)38-15-4-6-21(25(9-15)70(58,59)60)42-45-30-27(72(64,65)66)12-19-18(31(30)47)5-7-23(46)29(19)44-43-22-13-24(69(55,56)57)20-10-17(68(52,53)54)11-26(71(61,62)63)28(20)32(22)48/h1-13,42,45,47H,(H,49,50,51)(H,52,53,54)(H,55,56,57)(H,58,59,60)(H,61,62,63)(H,64,65,66)(H2,37,38,39,40,41)/b43-22?,44-29+. The molecule has 72 heavy (non-hydrogen) atoms. The number of aromatic hydroxyl groups is 1. The molecule has 0 fully saturated rings. The number of rotatable bonds is 14. The molecule has 0 aliphatic heterocycles. The number of fused-ring (bicyclic) bond motifs is 2. The predicted octanol–water partition coefficient (Wildman–Crippen LogP) is 2.26. The van der Waals surface area contributed by atoms with Gasteiger partial charge in [-0.2, -0.15) is 65.5 Å². The van der Waals surface area contributed by atoms with Crippen LogP contribution < -0.4 is 21.5 Å². The first-order valence-corrected chi connectivity index (χ1v) is 27.4. The van der Waals surface area contributed by atoms with Crippen molar-refractivity contribution >= 4 is 141 Å². The molecule has 0 spiro atoms. The van der Waals surface area contributed by atoms with E-state index in [0.717, 1.165) is 36.4 Å². The summed E-state index contributed by atoms with van der Waals surface area (Å²) in [5.41, 5.74) is -3.18. The molecule has 30 nitrogen and oxygen atoms in total. The van der Waals surface area contributed by atoms with Crippen LogP contribution in [0.2, 0.25) is 5.28 Å². The zero-order valence-corrected chi connectivity index (χ0v) is 40.1. The maximum absolute atomic E-state index is 13.6. The second kappa shape index (κ2) is 18.4. The van der Waals surface area contributed by atoms with Crippen LogP contribution in [0.3, 0.4) is 0 Å². The van der Waals surface area contributed by atoms with Gasteiger partial charge in [0.15, 0.2) is 0 Å². The van der Waals surface area contributed by atoms with Gasteiger partial charge in [-0.3, -0.25) is 47.8 Å². The van der Waals surface area contributed by atoms with E-state index in [9.17, 15) is 92.5 Å². The third-order valence-electron chi connectivity index (χ3n) is 9.49. The van der Waals surface area contributed by atoms with Gasteiger partial charge < -0.3 is 15.7 Å². The quantitative estimate of drug-likeness (QED) is 0.0431. The Labute approximate surface area is 408 Å². The minimum absolute atomic E-state index is 0.0615. The van der Waals surface area contributed by atoms with Crippen molar-refractivity contribution in [3.8, 4) is 5.75 Å². The van der Waals surface area contributed by atoms with Crippen molar-refractivity contribution in [1.82, 2.24) is 15.0 Å². The highest BCUT2D eigenvalue weighted by Crippen LogP contribution is 2.41. The first-order chi connectivity index (χ1) is 33.1. The lowest BCUT2D eigenvalue weighted by Crippen LogP contribution is -2.25. The number of benzene rings is 4. The largest absolute Gasteiger partial charge is 0.505 e. The predicted molar refractivity (Wildman–Crippen MR) is 247 cm³/mol. The molecular formula is C35H24ClN9O21S6. The van der Waals surface area contributed by atoms with Gasteiger partial charge in [0.1, 0.15) is 42.5 Å². The molecule has 2 aliphatic rings. The van der Waals surface area contributed by atoms with Crippen LogP contribution in [0.25, 0.3) is 11.0 Å². The molecule has 5 aromatic rings. The van der Waals surface area contributed by atoms with E-state index in [2.05, 4.69) is 46.6 Å². The van der Waals surface area contributed by atoms with Crippen molar-refractivity contribution in [2.45, 2.75) is 24.5 Å². The van der Waals surface area contributed by atoms with Crippen molar-refractivity contribution in [3.05, 3.63) is 100 Å². The number of allylic oxidation sites excluding steroid dienone is 2. The summed E-state index contributed by atoms with van der Waals surface area (Å²) in [5.74, 6) is -4.64. The van der Waals surface area contributed by atoms with Crippen molar-refractivity contribution < 1.29 is 92.5 Å². The monoisotopic (exact) mass is 1130 g/mol. The first-order valence-electron chi connectivity index (χ1n) is 18.4. The smallest absolute Gasteiger partial charge is 0.296 e. The van der Waals surface area contributed by atoms with E-state index in [4.69, 9.17) is 11.6 Å². The number of nitrogens with one attached hydrogen (secondary N) is 4. The van der Waals surface area contributed by atoms with Crippen LogP contribution in [0, 0.1) is 0 Å². The molecule has 1 heterocycles. The molecule has 0 atom stereocenters. The number of carbonyl (C=O) groups excluding carboxylic acids is 2. The van der Waals surface area contributed by atoms with E-state index < -0.39 is 158 Å². The Morgan fingerprint density at radius 3 is 1.72 bits per heavy atom. The number of anilines is 6. The molecular weight excluding hydrogens is 1110 g/mol. The van der Waals surface area contributed by atoms with Gasteiger partial charge in [-0.05, 0) is 84.4 Å². The fraction of sp³-hybridized carbons (Fsp3) is 0. The molecule has 11 N–H and O–H groups in total. The number of ketones is 2. The van der Waals surface area contributed by atoms with Gasteiger partial charge in [-0.15, -0.1) is 10.2 Å². The van der Waals surface area contributed by atoms with Gasteiger partial charge in [-0.1, -0.05) is 6.07 Å². The molecule has 0 saturated heterocycles. The molecule has 378 valence electrons. The van der Waals surface area contributed by atoms with Crippen molar-refractivity contribution in [1.29, 1.82) is 0 Å². The summed E-state index contributed by atoms with van der Waals surface area (Å²) in [6.07, 6.45) is 1.78. The summed E-state index contributed by atoms with van der Waals surface area (Å²) in [7, 11) is -32.0. The average Bonchev–Trinajstić information content (AvgIpc) is 3.24. The minimum Gasteiger partial charge on any atom is -0.505 e. The van der Waals surface area contributed by atoms with E-state index in [1.54, 1.807) is 0 Å². The van der Waals surface area contributed by atoms with Crippen molar-refractivity contribution in [2.24, 2.45) is 10.2 Å². The fourth-order valence-corrected chi connectivity index (χ4v) is 10.6. The SMILES string of the molecule is O=C1C=Cc2c(cc(S(=O)(=O)O)c(NNc3ccc(Nc4nc(Cl)nc(Nc5cccc(S(=O)(=O)O)c5)n4)cc3S(=O)(=O)O)c2O)/C1=N\N=C1C=C(S(=O)(=O)O)c2cc(S(=O)(=O)O)cc(S(=O)(=O)O)c2C1=O. The van der Waals surface area contributed by atoms with Crippen LogP contribution >= 0.6 is 11.6 Å². The van der Waals surface area contributed by atoms with Gasteiger partial charge >= 0.3 is 0 Å². The fourth-order valence-electron chi connectivity index (χ4n) is 6.48. The molecule has 0 bridgehead atoms. The number of hydrazine groups is 1. The summed E-state index contributed by atoms with van der Waals surface area (Å²) in [4.78, 5) is 31.4. The second-order valence-corrected chi connectivity index (χ2v) is 23.0. The maximum Gasteiger partial charge on any atom is 0.296 e. The number of carbonyl (C=O) groups is 2. The summed E-state index contributed by atoms with van der Waals surface area (Å²) in [5, 5.41) is 23.2. The van der Waals surface area contributed by atoms with E-state index in [1.807, 2.05) is 0 Å². The average molecular weight is 1130 g/mol. The maximum atomic E-state index is 13.6. The lowest BCUT2D eigenvalue weighted by atomic mass is 9.93. The van der Waals surface area contributed by atoms with Gasteiger partial charge in [0.05, 0.1) is 21.0 Å². The van der Waals surface area contributed by atoms with Crippen LogP contribution in [0.15, 0.2) is 107 Å². The van der Waals surface area contributed by atoms with E-state index in [1.165, 1.54) is 12.1 Å². The van der Waals surface area contributed by atoms with Crippen LogP contribution in [0.1, 0.15) is 27.0 Å². The van der Waals surface area contributed by atoms with Crippen LogP contribution in [-0.4, -0.2) is 121 Å². The van der Waals surface area contributed by atoms with Gasteiger partial charge in [0, 0.05) is 28.1 Å². The summed E-state index contributed by atoms with van der Waals surface area (Å²) in [6.45, 7) is 0. The topological polar surface area (TPSA) is 492 Å². The molecule has 0 amide bonds. The van der Waals surface area contributed by atoms with Gasteiger partial charge in [0.25, 0.3) is 60.7 Å². The van der Waals surface area contributed by atoms with Crippen LogP contribution in [-0.2, 0) is 65.5 Å². The third kappa shape index (κ3) is 11.1. The highest BCUT2D eigenvalue weighted by Gasteiger charge is 2.38.